The van der Waals surface area contributed by atoms with Gasteiger partial charge in [0, 0.05) is 38.1 Å². The highest BCUT2D eigenvalue weighted by Crippen LogP contribution is 2.20. The van der Waals surface area contributed by atoms with Crippen LogP contribution >= 0.6 is 0 Å². The van der Waals surface area contributed by atoms with E-state index in [1.54, 1.807) is 0 Å². The Balaban J connectivity index is 1.91. The largest absolute Gasteiger partial charge is 0.469 e. The minimum Gasteiger partial charge on any atom is -0.469 e. The van der Waals surface area contributed by atoms with Gasteiger partial charge in [-0.2, -0.15) is 0 Å². The molecule has 0 radical (unpaired) electrons. The first kappa shape index (κ1) is 19.4. The van der Waals surface area contributed by atoms with E-state index in [2.05, 4.69) is 29.2 Å². The Morgan fingerprint density at radius 1 is 1.20 bits per heavy atom. The predicted molar refractivity (Wildman–Crippen MR) is 97.9 cm³/mol. The van der Waals surface area contributed by atoms with E-state index in [0.717, 1.165) is 32.5 Å². The van der Waals surface area contributed by atoms with Gasteiger partial charge in [0.1, 0.15) is 0 Å². The van der Waals surface area contributed by atoms with Crippen LogP contribution in [-0.2, 0) is 20.9 Å². The van der Waals surface area contributed by atoms with Crippen molar-refractivity contribution in [3.8, 4) is 0 Å². The van der Waals surface area contributed by atoms with E-state index in [0.29, 0.717) is 6.54 Å². The number of ether oxygens (including phenoxy) is 1. The van der Waals surface area contributed by atoms with Gasteiger partial charge in [0.25, 0.3) is 0 Å². The molecule has 5 nitrogen and oxygen atoms in total. The maximum Gasteiger partial charge on any atom is 0.307 e. The monoisotopic (exact) mass is 346 g/mol. The molecule has 1 aliphatic rings. The second-order valence-corrected chi connectivity index (χ2v) is 7.01. The van der Waals surface area contributed by atoms with Crippen molar-refractivity contribution in [3.05, 3.63) is 35.9 Å². The number of piperidine rings is 1. The average molecular weight is 346 g/mol. The molecule has 0 spiro atoms. The summed E-state index contributed by atoms with van der Waals surface area (Å²) in [6.07, 6.45) is 2.16. The molecule has 1 aromatic rings. The van der Waals surface area contributed by atoms with E-state index >= 15 is 0 Å². The van der Waals surface area contributed by atoms with Gasteiger partial charge in [0.2, 0.25) is 5.91 Å². The van der Waals surface area contributed by atoms with Gasteiger partial charge in [-0.15, -0.1) is 0 Å². The molecule has 5 heteroatoms. The van der Waals surface area contributed by atoms with Crippen molar-refractivity contribution in [2.24, 2.45) is 5.92 Å². The van der Waals surface area contributed by atoms with Gasteiger partial charge >= 0.3 is 5.97 Å². The van der Waals surface area contributed by atoms with Crippen LogP contribution in [-0.4, -0.2) is 54.5 Å². The van der Waals surface area contributed by atoms with Crippen LogP contribution in [0.5, 0.6) is 0 Å². The van der Waals surface area contributed by atoms with Crippen LogP contribution < -0.4 is 0 Å². The lowest BCUT2D eigenvalue weighted by Gasteiger charge is -2.39. The van der Waals surface area contributed by atoms with Gasteiger partial charge in [-0.05, 0) is 18.4 Å². The van der Waals surface area contributed by atoms with Crippen molar-refractivity contribution in [2.45, 2.75) is 45.7 Å². The van der Waals surface area contributed by atoms with Gasteiger partial charge in [-0.3, -0.25) is 14.5 Å². The molecular formula is C20H30N2O3. The van der Waals surface area contributed by atoms with Crippen LogP contribution in [0.3, 0.4) is 0 Å². The minimum absolute atomic E-state index is 0.0556. The van der Waals surface area contributed by atoms with E-state index in [4.69, 9.17) is 4.74 Å². The quantitative estimate of drug-likeness (QED) is 0.712. The highest BCUT2D eigenvalue weighted by molar-refractivity contribution is 5.79. The molecule has 1 saturated heterocycles. The van der Waals surface area contributed by atoms with Crippen molar-refractivity contribution in [1.82, 2.24) is 9.80 Å². The Morgan fingerprint density at radius 2 is 1.84 bits per heavy atom. The third kappa shape index (κ3) is 5.85. The highest BCUT2D eigenvalue weighted by Gasteiger charge is 2.29. The van der Waals surface area contributed by atoms with Crippen LogP contribution in [0.2, 0.25) is 0 Å². The van der Waals surface area contributed by atoms with Gasteiger partial charge in [-0.25, -0.2) is 0 Å². The summed E-state index contributed by atoms with van der Waals surface area (Å²) in [6, 6.07) is 10.7. The molecule has 0 atom stereocenters. The molecule has 138 valence electrons. The summed E-state index contributed by atoms with van der Waals surface area (Å²) >= 11 is 0. The lowest BCUT2D eigenvalue weighted by atomic mass is 10.00. The number of hydrogen-bond donors (Lipinski definition) is 0. The van der Waals surface area contributed by atoms with E-state index in [-0.39, 0.29) is 30.3 Å². The Bertz CT molecular complexity index is 551. The molecule has 1 fully saturated rings. The van der Waals surface area contributed by atoms with Crippen molar-refractivity contribution < 1.29 is 14.3 Å². The zero-order valence-corrected chi connectivity index (χ0v) is 15.6. The molecule has 25 heavy (non-hydrogen) atoms. The fourth-order valence-electron chi connectivity index (χ4n) is 3.35. The number of carbonyl (C=O) groups excluding carboxylic acids is 2. The number of likely N-dealkylation sites (tertiary alicyclic amines) is 1. The molecule has 0 aliphatic carbocycles. The fraction of sp³-hybridized carbons (Fsp3) is 0.600. The molecule has 0 saturated carbocycles. The number of esters is 1. The van der Waals surface area contributed by atoms with Crippen molar-refractivity contribution in [1.29, 1.82) is 0 Å². The summed E-state index contributed by atoms with van der Waals surface area (Å²) in [5.74, 6) is -0.187. The van der Waals surface area contributed by atoms with Gasteiger partial charge in [-0.1, -0.05) is 44.2 Å². The van der Waals surface area contributed by atoms with Crippen LogP contribution in [0.25, 0.3) is 0 Å². The predicted octanol–water partition coefficient (Wildman–Crippen LogP) is 2.70. The van der Waals surface area contributed by atoms with Crippen LogP contribution in [0.4, 0.5) is 0 Å². The SMILES string of the molecule is COC(=O)CCN(C(=O)C(C)C)C1CCN(Cc2ccccc2)CC1. The average Bonchev–Trinajstić information content (AvgIpc) is 2.63. The van der Waals surface area contributed by atoms with Gasteiger partial charge in [0.05, 0.1) is 13.5 Å². The van der Waals surface area contributed by atoms with E-state index in [9.17, 15) is 9.59 Å². The molecule has 0 bridgehead atoms. The fourth-order valence-corrected chi connectivity index (χ4v) is 3.35. The highest BCUT2D eigenvalue weighted by atomic mass is 16.5. The molecule has 0 unspecified atom stereocenters. The second-order valence-electron chi connectivity index (χ2n) is 7.01. The lowest BCUT2D eigenvalue weighted by molar-refractivity contribution is -0.143. The molecule has 1 amide bonds. The van der Waals surface area contributed by atoms with Gasteiger partial charge in [0.15, 0.2) is 0 Å². The molecule has 1 heterocycles. The van der Waals surface area contributed by atoms with Crippen molar-refractivity contribution >= 4 is 11.9 Å². The first-order valence-electron chi connectivity index (χ1n) is 9.15. The zero-order valence-electron chi connectivity index (χ0n) is 15.6. The zero-order chi connectivity index (χ0) is 18.2. The smallest absolute Gasteiger partial charge is 0.307 e. The summed E-state index contributed by atoms with van der Waals surface area (Å²) in [5.41, 5.74) is 1.32. The second kappa shape index (κ2) is 9.56. The third-order valence-corrected chi connectivity index (χ3v) is 4.81. The first-order chi connectivity index (χ1) is 12.0. The molecular weight excluding hydrogens is 316 g/mol. The topological polar surface area (TPSA) is 49.9 Å². The summed E-state index contributed by atoms with van der Waals surface area (Å²) in [6.45, 7) is 7.18. The number of nitrogens with zero attached hydrogens (tertiary/aromatic N) is 2. The Labute approximate surface area is 150 Å². The summed E-state index contributed by atoms with van der Waals surface area (Å²) in [7, 11) is 1.39. The van der Waals surface area contributed by atoms with E-state index in [1.165, 1.54) is 12.7 Å². The molecule has 1 aromatic carbocycles. The summed E-state index contributed by atoms with van der Waals surface area (Å²) < 4.78 is 4.73. The number of hydrogen-bond acceptors (Lipinski definition) is 4. The molecule has 2 rings (SSSR count). The maximum atomic E-state index is 12.6. The summed E-state index contributed by atoms with van der Waals surface area (Å²) in [5, 5.41) is 0. The Morgan fingerprint density at radius 3 is 2.40 bits per heavy atom. The third-order valence-electron chi connectivity index (χ3n) is 4.81. The Hall–Kier alpha value is -1.88. The molecule has 0 N–H and O–H groups in total. The number of amides is 1. The standard InChI is InChI=1S/C20H30N2O3/c1-16(2)20(24)22(14-11-19(23)25-3)18-9-12-21(13-10-18)15-17-7-5-4-6-8-17/h4-8,16,18H,9-15H2,1-3H3. The van der Waals surface area contributed by atoms with Crippen LogP contribution in [0, 0.1) is 5.92 Å². The van der Waals surface area contributed by atoms with Crippen molar-refractivity contribution in [2.75, 3.05) is 26.7 Å². The molecule has 1 aliphatic heterocycles. The number of rotatable bonds is 7. The Kier molecular flexibility index (Phi) is 7.44. The van der Waals surface area contributed by atoms with E-state index in [1.807, 2.05) is 24.8 Å². The normalized spacial score (nSPS) is 16.0. The number of carbonyl (C=O) groups is 2. The maximum absolute atomic E-state index is 12.6. The number of methoxy groups -OCH3 is 1. The van der Waals surface area contributed by atoms with Crippen LogP contribution in [0.1, 0.15) is 38.7 Å². The van der Waals surface area contributed by atoms with E-state index < -0.39 is 0 Å². The lowest BCUT2D eigenvalue weighted by Crippen LogP contribution is -2.49. The van der Waals surface area contributed by atoms with Crippen molar-refractivity contribution in [3.63, 3.8) is 0 Å². The first-order valence-corrected chi connectivity index (χ1v) is 9.15. The summed E-state index contributed by atoms with van der Waals surface area (Å²) in [4.78, 5) is 28.4. The minimum atomic E-state index is -0.261. The number of benzene rings is 1. The van der Waals surface area contributed by atoms with Crippen LogP contribution in [0.15, 0.2) is 30.3 Å². The molecule has 0 aromatic heterocycles. The van der Waals surface area contributed by atoms with Gasteiger partial charge < -0.3 is 9.64 Å².